The molecule has 21 heavy (non-hydrogen) atoms. The number of aliphatic carboxylic acids is 1. The fraction of sp³-hybridized carbons (Fsp3) is 0.615. The number of rotatable bonds is 6. The van der Waals surface area contributed by atoms with Gasteiger partial charge in [-0.05, 0) is 18.8 Å². The summed E-state index contributed by atoms with van der Waals surface area (Å²) in [5.41, 5.74) is 1.55. The summed E-state index contributed by atoms with van der Waals surface area (Å²) >= 11 is 0. The van der Waals surface area contributed by atoms with E-state index in [4.69, 9.17) is 5.11 Å². The summed E-state index contributed by atoms with van der Waals surface area (Å²) in [6.45, 7) is 7.31. The van der Waals surface area contributed by atoms with Gasteiger partial charge in [-0.3, -0.25) is 5.32 Å². The Balaban J connectivity index is 2.77. The molecule has 3 N–H and O–H groups in total. The maximum atomic E-state index is 11.8. The van der Waals surface area contributed by atoms with Crippen molar-refractivity contribution < 1.29 is 14.7 Å². The lowest BCUT2D eigenvalue weighted by molar-refractivity contribution is -0.140. The van der Waals surface area contributed by atoms with Crippen LogP contribution in [0.1, 0.15) is 39.1 Å². The van der Waals surface area contributed by atoms with Crippen molar-refractivity contribution in [3.8, 4) is 0 Å². The lowest BCUT2D eigenvalue weighted by Crippen LogP contribution is -2.46. The second kappa shape index (κ2) is 7.51. The molecule has 1 heterocycles. The van der Waals surface area contributed by atoms with Crippen LogP contribution in [0.4, 0.5) is 10.7 Å². The lowest BCUT2D eigenvalue weighted by Gasteiger charge is -2.17. The monoisotopic (exact) mass is 295 g/mol. The van der Waals surface area contributed by atoms with Crippen molar-refractivity contribution in [3.05, 3.63) is 11.4 Å². The highest BCUT2D eigenvalue weighted by atomic mass is 16.4. The minimum Gasteiger partial charge on any atom is -0.480 e. The van der Waals surface area contributed by atoms with Crippen LogP contribution in [0.5, 0.6) is 0 Å². The number of carbonyl (C=O) groups excluding carboxylic acids is 1. The molecule has 0 saturated heterocycles. The Hall–Kier alpha value is -2.25. The van der Waals surface area contributed by atoms with E-state index < -0.39 is 18.0 Å². The van der Waals surface area contributed by atoms with Crippen LogP contribution < -0.4 is 10.6 Å². The van der Waals surface area contributed by atoms with Gasteiger partial charge in [-0.2, -0.15) is 0 Å². The van der Waals surface area contributed by atoms with E-state index in [1.165, 1.54) is 0 Å². The molecule has 0 fully saturated rings. The van der Waals surface area contributed by atoms with Gasteiger partial charge < -0.3 is 10.4 Å². The quantitative estimate of drug-likeness (QED) is 0.726. The fourth-order valence-corrected chi connectivity index (χ4v) is 1.78. The number of carbonyl (C=O) groups is 2. The number of nitrogens with zero attached hydrogens (tertiary/aromatic N) is 3. The van der Waals surface area contributed by atoms with Crippen molar-refractivity contribution in [2.45, 2.75) is 46.6 Å². The molecule has 1 rings (SSSR count). The molecule has 8 heteroatoms. The first-order valence-corrected chi connectivity index (χ1v) is 6.91. The Morgan fingerprint density at radius 2 is 1.76 bits per heavy atom. The van der Waals surface area contributed by atoms with Crippen LogP contribution in [-0.2, 0) is 17.6 Å². The van der Waals surface area contributed by atoms with Crippen molar-refractivity contribution in [2.24, 2.45) is 5.92 Å². The Morgan fingerprint density at radius 3 is 2.24 bits per heavy atom. The van der Waals surface area contributed by atoms with Gasteiger partial charge in [0.2, 0.25) is 0 Å². The van der Waals surface area contributed by atoms with E-state index in [2.05, 4.69) is 25.8 Å². The number of nitrogens with one attached hydrogen (secondary N) is 2. The van der Waals surface area contributed by atoms with Crippen LogP contribution in [0.3, 0.4) is 0 Å². The van der Waals surface area contributed by atoms with Crippen LogP contribution in [-0.4, -0.2) is 38.3 Å². The third-order valence-electron chi connectivity index (χ3n) is 2.95. The van der Waals surface area contributed by atoms with Crippen LogP contribution in [0.2, 0.25) is 0 Å². The maximum Gasteiger partial charge on any atom is 0.326 e. The van der Waals surface area contributed by atoms with Crippen LogP contribution in [0, 0.1) is 5.92 Å². The lowest BCUT2D eigenvalue weighted by atomic mass is 10.1. The molecule has 0 spiro atoms. The molecule has 0 saturated carbocycles. The van der Waals surface area contributed by atoms with Crippen molar-refractivity contribution in [1.29, 1.82) is 0 Å². The van der Waals surface area contributed by atoms with Crippen LogP contribution >= 0.6 is 0 Å². The van der Waals surface area contributed by atoms with E-state index in [1.807, 2.05) is 13.8 Å². The maximum absolute atomic E-state index is 11.8. The van der Waals surface area contributed by atoms with Gasteiger partial charge in [-0.15, -0.1) is 10.2 Å². The van der Waals surface area contributed by atoms with Crippen LogP contribution in [0.25, 0.3) is 0 Å². The summed E-state index contributed by atoms with van der Waals surface area (Å²) in [6, 6.07) is -1.64. The molecule has 0 radical (unpaired) electrons. The van der Waals surface area contributed by atoms with Gasteiger partial charge in [0, 0.05) is 0 Å². The van der Waals surface area contributed by atoms with Gasteiger partial charge in [0.05, 0.1) is 11.4 Å². The van der Waals surface area contributed by atoms with Crippen molar-refractivity contribution in [3.63, 3.8) is 0 Å². The largest absolute Gasteiger partial charge is 0.480 e. The Labute approximate surface area is 123 Å². The van der Waals surface area contributed by atoms with Gasteiger partial charge in [0.1, 0.15) is 6.04 Å². The number of aryl methyl sites for hydroxylation is 2. The number of carboxylic acid groups (broad SMARTS) is 1. The summed E-state index contributed by atoms with van der Waals surface area (Å²) in [6.07, 6.45) is 1.39. The number of aromatic nitrogens is 3. The van der Waals surface area contributed by atoms with Gasteiger partial charge in [-0.1, -0.05) is 27.7 Å². The number of carboxylic acids is 1. The Morgan fingerprint density at radius 1 is 1.14 bits per heavy atom. The summed E-state index contributed by atoms with van der Waals surface area (Å²) in [5.74, 6) is -1.26. The second-order valence-corrected chi connectivity index (χ2v) is 4.89. The molecule has 1 unspecified atom stereocenters. The van der Waals surface area contributed by atoms with E-state index in [9.17, 15) is 9.59 Å². The average Bonchev–Trinajstić information content (AvgIpc) is 2.43. The second-order valence-electron chi connectivity index (χ2n) is 4.89. The van der Waals surface area contributed by atoms with Gasteiger partial charge in [-0.25, -0.2) is 14.6 Å². The third kappa shape index (κ3) is 4.66. The Bertz CT molecular complexity index is 519. The Kier molecular flexibility index (Phi) is 6.01. The highest BCUT2D eigenvalue weighted by molar-refractivity contribution is 5.90. The average molecular weight is 295 g/mol. The number of hydrogen-bond donors (Lipinski definition) is 3. The number of anilines is 1. The molecule has 0 aromatic carbocycles. The molecule has 2 amide bonds. The molecule has 0 aliphatic rings. The summed E-state index contributed by atoms with van der Waals surface area (Å²) in [4.78, 5) is 27.0. The topological polar surface area (TPSA) is 117 Å². The van der Waals surface area contributed by atoms with E-state index in [0.29, 0.717) is 12.8 Å². The zero-order valence-electron chi connectivity index (χ0n) is 12.7. The molecule has 1 aromatic heterocycles. The number of urea groups is 1. The zero-order valence-corrected chi connectivity index (χ0v) is 12.7. The zero-order chi connectivity index (χ0) is 16.0. The molecular weight excluding hydrogens is 274 g/mol. The van der Waals surface area contributed by atoms with Crippen molar-refractivity contribution >= 4 is 17.9 Å². The highest BCUT2D eigenvalue weighted by Gasteiger charge is 2.23. The first-order valence-electron chi connectivity index (χ1n) is 6.91. The van der Waals surface area contributed by atoms with Crippen LogP contribution in [0.15, 0.2) is 0 Å². The molecule has 0 aliphatic carbocycles. The fourth-order valence-electron chi connectivity index (χ4n) is 1.78. The molecule has 1 aromatic rings. The minimum atomic E-state index is -1.09. The predicted molar refractivity (Wildman–Crippen MR) is 77.0 cm³/mol. The summed E-state index contributed by atoms with van der Waals surface area (Å²) in [5, 5.41) is 21.6. The number of amides is 2. The summed E-state index contributed by atoms with van der Waals surface area (Å²) < 4.78 is 0. The first kappa shape index (κ1) is 16.8. The predicted octanol–water partition coefficient (Wildman–Crippen LogP) is 1.23. The number of hydrogen-bond acceptors (Lipinski definition) is 5. The molecule has 0 aliphatic heterocycles. The van der Waals surface area contributed by atoms with E-state index in [0.717, 1.165) is 11.4 Å². The highest BCUT2D eigenvalue weighted by Crippen LogP contribution is 2.07. The van der Waals surface area contributed by atoms with Gasteiger partial charge in [0.15, 0.2) is 0 Å². The van der Waals surface area contributed by atoms with E-state index in [-0.39, 0.29) is 11.9 Å². The molecule has 116 valence electrons. The van der Waals surface area contributed by atoms with Crippen molar-refractivity contribution in [2.75, 3.05) is 5.32 Å². The minimum absolute atomic E-state index is 0.0643. The molecule has 0 bridgehead atoms. The molecular formula is C13H21N5O3. The molecule has 1 atom stereocenters. The van der Waals surface area contributed by atoms with E-state index >= 15 is 0 Å². The summed E-state index contributed by atoms with van der Waals surface area (Å²) in [7, 11) is 0. The first-order chi connectivity index (χ1) is 9.88. The van der Waals surface area contributed by atoms with Gasteiger partial charge in [0.25, 0.3) is 5.95 Å². The standard InChI is InChI=1S/C13H21N5O3/c1-5-8-9(6-2)17-18-12(14-8)16-13(21)15-10(7(3)4)11(19)20/h7,10H,5-6H2,1-4H3,(H,19,20)(H2,14,15,16,18,21). The normalized spacial score (nSPS) is 12.0. The van der Waals surface area contributed by atoms with E-state index in [1.54, 1.807) is 13.8 Å². The van der Waals surface area contributed by atoms with Crippen molar-refractivity contribution in [1.82, 2.24) is 20.5 Å². The van der Waals surface area contributed by atoms with Gasteiger partial charge >= 0.3 is 12.0 Å². The smallest absolute Gasteiger partial charge is 0.326 e. The SMILES string of the molecule is CCc1nnc(NC(=O)NC(C(=O)O)C(C)C)nc1CC. The third-order valence-corrected chi connectivity index (χ3v) is 2.95. The molecule has 8 nitrogen and oxygen atoms in total.